The van der Waals surface area contributed by atoms with Crippen LogP contribution in [0.5, 0.6) is 0 Å². The van der Waals surface area contributed by atoms with Crippen LogP contribution in [0.25, 0.3) is 0 Å². The first kappa shape index (κ1) is 11.6. The van der Waals surface area contributed by atoms with Crippen LogP contribution in [0.3, 0.4) is 0 Å². The molecule has 18 heavy (non-hydrogen) atoms. The van der Waals surface area contributed by atoms with Crippen molar-refractivity contribution in [2.75, 3.05) is 13.1 Å². The standard InChI is InChI=1S/C12H15N3O2S/c1-8-13-5-9(18-8)6-14-7-11(16)15-4-2-3-10(15)12(14)17/h5,10H,2-4,6-7H2,1H3. The molecule has 6 heteroatoms. The van der Waals surface area contributed by atoms with Gasteiger partial charge in [0.05, 0.1) is 11.6 Å². The van der Waals surface area contributed by atoms with Gasteiger partial charge in [-0.1, -0.05) is 0 Å². The zero-order chi connectivity index (χ0) is 12.7. The maximum Gasteiger partial charge on any atom is 0.246 e. The summed E-state index contributed by atoms with van der Waals surface area (Å²) < 4.78 is 0. The maximum absolute atomic E-state index is 12.3. The number of carbonyl (C=O) groups is 2. The highest BCUT2D eigenvalue weighted by Crippen LogP contribution is 2.25. The Kier molecular flexibility index (Phi) is 2.81. The molecule has 1 unspecified atom stereocenters. The molecule has 0 spiro atoms. The summed E-state index contributed by atoms with van der Waals surface area (Å²) in [6, 6.07) is -0.208. The zero-order valence-electron chi connectivity index (χ0n) is 10.3. The highest BCUT2D eigenvalue weighted by atomic mass is 32.1. The van der Waals surface area contributed by atoms with Gasteiger partial charge < -0.3 is 9.80 Å². The van der Waals surface area contributed by atoms with E-state index in [0.717, 1.165) is 29.3 Å². The van der Waals surface area contributed by atoms with Gasteiger partial charge in [0.15, 0.2) is 0 Å². The Hall–Kier alpha value is -1.43. The number of nitrogens with zero attached hydrogens (tertiary/aromatic N) is 3. The number of amides is 2. The average Bonchev–Trinajstić information content (AvgIpc) is 2.95. The molecule has 2 aliphatic heterocycles. The van der Waals surface area contributed by atoms with Gasteiger partial charge >= 0.3 is 0 Å². The summed E-state index contributed by atoms with van der Waals surface area (Å²) in [5.74, 6) is 0.177. The molecule has 0 aliphatic carbocycles. The van der Waals surface area contributed by atoms with Gasteiger partial charge in [0.1, 0.15) is 12.6 Å². The van der Waals surface area contributed by atoms with Crippen LogP contribution < -0.4 is 0 Å². The first-order chi connectivity index (χ1) is 8.65. The van der Waals surface area contributed by atoms with E-state index in [1.54, 1.807) is 27.3 Å². The Balaban J connectivity index is 1.76. The van der Waals surface area contributed by atoms with Crippen LogP contribution in [-0.2, 0) is 16.1 Å². The summed E-state index contributed by atoms with van der Waals surface area (Å²) in [5.41, 5.74) is 0. The van der Waals surface area contributed by atoms with Crippen LogP contribution in [0.15, 0.2) is 6.20 Å². The van der Waals surface area contributed by atoms with E-state index >= 15 is 0 Å². The number of piperazine rings is 1. The Morgan fingerprint density at radius 2 is 2.33 bits per heavy atom. The molecule has 1 aromatic rings. The topological polar surface area (TPSA) is 53.5 Å². The Morgan fingerprint density at radius 3 is 3.06 bits per heavy atom. The molecule has 2 amide bonds. The van der Waals surface area contributed by atoms with E-state index in [-0.39, 0.29) is 24.4 Å². The Labute approximate surface area is 109 Å². The Bertz CT molecular complexity index is 499. The highest BCUT2D eigenvalue weighted by Gasteiger charge is 2.41. The molecule has 5 nitrogen and oxygen atoms in total. The fraction of sp³-hybridized carbons (Fsp3) is 0.583. The number of hydrogen-bond acceptors (Lipinski definition) is 4. The average molecular weight is 265 g/mol. The molecule has 2 saturated heterocycles. The van der Waals surface area contributed by atoms with E-state index in [1.165, 1.54) is 0 Å². The molecule has 3 rings (SSSR count). The minimum absolute atomic E-state index is 0.0818. The quantitative estimate of drug-likeness (QED) is 0.794. The molecule has 96 valence electrons. The largest absolute Gasteiger partial charge is 0.329 e. The number of aromatic nitrogens is 1. The predicted octanol–water partition coefficient (Wildman–Crippen LogP) is 0.785. The lowest BCUT2D eigenvalue weighted by atomic mass is 10.1. The summed E-state index contributed by atoms with van der Waals surface area (Å²) in [6.07, 6.45) is 3.54. The third-order valence-corrected chi connectivity index (χ3v) is 4.41. The monoisotopic (exact) mass is 265 g/mol. The van der Waals surface area contributed by atoms with Crippen molar-refractivity contribution in [2.45, 2.75) is 32.4 Å². The van der Waals surface area contributed by atoms with E-state index in [0.29, 0.717) is 6.54 Å². The van der Waals surface area contributed by atoms with Crippen LogP contribution >= 0.6 is 11.3 Å². The summed E-state index contributed by atoms with van der Waals surface area (Å²) >= 11 is 1.58. The van der Waals surface area contributed by atoms with Crippen molar-refractivity contribution in [1.82, 2.24) is 14.8 Å². The zero-order valence-corrected chi connectivity index (χ0v) is 11.1. The second kappa shape index (κ2) is 4.35. The molecule has 1 atom stereocenters. The lowest BCUT2D eigenvalue weighted by Crippen LogP contribution is -2.56. The predicted molar refractivity (Wildman–Crippen MR) is 67.0 cm³/mol. The fourth-order valence-electron chi connectivity index (χ4n) is 2.67. The SMILES string of the molecule is Cc1ncc(CN2CC(=O)N3CCCC3C2=O)s1. The summed E-state index contributed by atoms with van der Waals surface area (Å²) in [6.45, 7) is 3.41. The van der Waals surface area contributed by atoms with Gasteiger partial charge in [0.2, 0.25) is 11.8 Å². The van der Waals surface area contributed by atoms with Gasteiger partial charge in [-0.3, -0.25) is 9.59 Å². The second-order valence-electron chi connectivity index (χ2n) is 4.79. The van der Waals surface area contributed by atoms with Gasteiger partial charge in [0.25, 0.3) is 0 Å². The molecule has 2 aliphatic rings. The molecular weight excluding hydrogens is 250 g/mol. The molecule has 1 aromatic heterocycles. The molecule has 3 heterocycles. The molecule has 0 N–H and O–H groups in total. The third kappa shape index (κ3) is 1.90. The van der Waals surface area contributed by atoms with Crippen molar-refractivity contribution in [2.24, 2.45) is 0 Å². The van der Waals surface area contributed by atoms with Gasteiger partial charge in [0, 0.05) is 17.6 Å². The molecular formula is C12H15N3O2S. The van der Waals surface area contributed by atoms with Crippen LogP contribution in [0, 0.1) is 6.92 Å². The minimum Gasteiger partial charge on any atom is -0.329 e. The number of hydrogen-bond donors (Lipinski definition) is 0. The van der Waals surface area contributed by atoms with Crippen molar-refractivity contribution in [3.8, 4) is 0 Å². The molecule has 0 aromatic carbocycles. The number of aryl methyl sites for hydroxylation is 1. The van der Waals surface area contributed by atoms with Crippen LogP contribution in [0.4, 0.5) is 0 Å². The van der Waals surface area contributed by atoms with Gasteiger partial charge in [-0.2, -0.15) is 0 Å². The highest BCUT2D eigenvalue weighted by molar-refractivity contribution is 7.11. The van der Waals surface area contributed by atoms with Crippen LogP contribution in [-0.4, -0.2) is 45.7 Å². The number of rotatable bonds is 2. The molecule has 2 fully saturated rings. The third-order valence-electron chi connectivity index (χ3n) is 3.51. The number of thiazole rings is 1. The van der Waals surface area contributed by atoms with E-state index in [9.17, 15) is 9.59 Å². The molecule has 0 bridgehead atoms. The summed E-state index contributed by atoms with van der Waals surface area (Å²) in [7, 11) is 0. The molecule has 0 radical (unpaired) electrons. The van der Waals surface area contributed by atoms with Crippen LogP contribution in [0.1, 0.15) is 22.7 Å². The van der Waals surface area contributed by atoms with Gasteiger partial charge in [-0.05, 0) is 19.8 Å². The number of fused-ring (bicyclic) bond motifs is 1. The minimum atomic E-state index is -0.208. The Morgan fingerprint density at radius 1 is 1.50 bits per heavy atom. The smallest absolute Gasteiger partial charge is 0.246 e. The number of carbonyl (C=O) groups excluding carboxylic acids is 2. The van der Waals surface area contributed by atoms with Crippen molar-refractivity contribution in [1.29, 1.82) is 0 Å². The lowest BCUT2D eigenvalue weighted by Gasteiger charge is -2.36. The van der Waals surface area contributed by atoms with Crippen molar-refractivity contribution in [3.63, 3.8) is 0 Å². The first-order valence-corrected chi connectivity index (χ1v) is 6.96. The second-order valence-corrected chi connectivity index (χ2v) is 6.10. The van der Waals surface area contributed by atoms with E-state index in [4.69, 9.17) is 0 Å². The van der Waals surface area contributed by atoms with Crippen LogP contribution in [0.2, 0.25) is 0 Å². The summed E-state index contributed by atoms with van der Waals surface area (Å²) in [4.78, 5) is 32.8. The van der Waals surface area contributed by atoms with Gasteiger partial charge in [-0.15, -0.1) is 11.3 Å². The van der Waals surface area contributed by atoms with Crippen molar-refractivity contribution >= 4 is 23.2 Å². The summed E-state index contributed by atoms with van der Waals surface area (Å²) in [5, 5.41) is 0.989. The first-order valence-electron chi connectivity index (χ1n) is 6.15. The lowest BCUT2D eigenvalue weighted by molar-refractivity contribution is -0.154. The van der Waals surface area contributed by atoms with Crippen molar-refractivity contribution in [3.05, 3.63) is 16.1 Å². The van der Waals surface area contributed by atoms with E-state index in [2.05, 4.69) is 4.98 Å². The normalized spacial score (nSPS) is 23.7. The molecule has 0 saturated carbocycles. The van der Waals surface area contributed by atoms with Crippen molar-refractivity contribution < 1.29 is 9.59 Å². The fourth-order valence-corrected chi connectivity index (χ4v) is 3.48. The maximum atomic E-state index is 12.3. The van der Waals surface area contributed by atoms with E-state index < -0.39 is 0 Å². The van der Waals surface area contributed by atoms with E-state index in [1.807, 2.05) is 6.92 Å². The van der Waals surface area contributed by atoms with Gasteiger partial charge in [-0.25, -0.2) is 4.98 Å².